The first-order valence-electron chi connectivity index (χ1n) is 9.50. The number of fused-ring (bicyclic) bond motifs is 1. The Hall–Kier alpha value is -3.48. The van der Waals surface area contributed by atoms with Crippen LogP contribution in [0.4, 0.5) is 10.1 Å². The van der Waals surface area contributed by atoms with Gasteiger partial charge in [0.15, 0.2) is 5.69 Å². The van der Waals surface area contributed by atoms with Crippen molar-refractivity contribution in [1.82, 2.24) is 14.7 Å². The summed E-state index contributed by atoms with van der Waals surface area (Å²) < 4.78 is 15.1. The van der Waals surface area contributed by atoms with Crippen molar-refractivity contribution < 1.29 is 14.0 Å². The van der Waals surface area contributed by atoms with Gasteiger partial charge in [0.2, 0.25) is 0 Å². The fourth-order valence-corrected chi connectivity index (χ4v) is 3.45. The highest BCUT2D eigenvalue weighted by Crippen LogP contribution is 2.19. The van der Waals surface area contributed by atoms with E-state index in [1.807, 2.05) is 31.2 Å². The molecule has 6 nitrogen and oxygen atoms in total. The topological polar surface area (TPSA) is 67.2 Å². The third-order valence-electron chi connectivity index (χ3n) is 4.97. The molecule has 29 heavy (non-hydrogen) atoms. The van der Waals surface area contributed by atoms with Crippen molar-refractivity contribution in [2.45, 2.75) is 26.4 Å². The van der Waals surface area contributed by atoms with Gasteiger partial charge in [-0.15, -0.1) is 0 Å². The summed E-state index contributed by atoms with van der Waals surface area (Å²) in [6.45, 7) is 3.31. The second kappa shape index (κ2) is 7.87. The van der Waals surface area contributed by atoms with Crippen LogP contribution >= 0.6 is 0 Å². The number of nitrogens with zero attached hydrogens (tertiary/aromatic N) is 3. The van der Waals surface area contributed by atoms with Crippen molar-refractivity contribution in [3.8, 4) is 0 Å². The van der Waals surface area contributed by atoms with Crippen LogP contribution in [0.5, 0.6) is 0 Å². The zero-order chi connectivity index (χ0) is 20.4. The average Bonchev–Trinajstić information content (AvgIpc) is 3.07. The summed E-state index contributed by atoms with van der Waals surface area (Å²) in [6, 6.07) is 15.2. The Kier molecular flexibility index (Phi) is 5.12. The number of nitrogens with one attached hydrogen (secondary N) is 1. The number of aromatic nitrogens is 2. The van der Waals surface area contributed by atoms with Gasteiger partial charge in [0, 0.05) is 31.4 Å². The average molecular weight is 392 g/mol. The Morgan fingerprint density at radius 3 is 2.76 bits per heavy atom. The monoisotopic (exact) mass is 392 g/mol. The van der Waals surface area contributed by atoms with Gasteiger partial charge in [0.1, 0.15) is 11.5 Å². The van der Waals surface area contributed by atoms with E-state index >= 15 is 0 Å². The molecule has 2 aromatic carbocycles. The van der Waals surface area contributed by atoms with Crippen molar-refractivity contribution in [2.24, 2.45) is 0 Å². The van der Waals surface area contributed by atoms with Crippen molar-refractivity contribution >= 4 is 17.5 Å². The normalized spacial score (nSPS) is 13.7. The number of hydrogen-bond donors (Lipinski definition) is 1. The molecule has 3 aromatic rings. The van der Waals surface area contributed by atoms with Gasteiger partial charge in [-0.2, -0.15) is 5.10 Å². The number of anilines is 1. The summed E-state index contributed by atoms with van der Waals surface area (Å²) in [6.07, 6.45) is 0.703. The second-order valence-corrected chi connectivity index (χ2v) is 7.12. The van der Waals surface area contributed by atoms with E-state index in [1.54, 1.807) is 21.7 Å². The first-order chi connectivity index (χ1) is 14.0. The fourth-order valence-electron chi connectivity index (χ4n) is 3.45. The third-order valence-corrected chi connectivity index (χ3v) is 4.97. The lowest BCUT2D eigenvalue weighted by Gasteiger charge is -2.20. The summed E-state index contributed by atoms with van der Waals surface area (Å²) in [5.41, 5.74) is 2.94. The Labute approximate surface area is 167 Å². The lowest BCUT2D eigenvalue weighted by molar-refractivity contribution is 0.0745. The van der Waals surface area contributed by atoms with Gasteiger partial charge in [-0.05, 0) is 42.7 Å². The molecule has 0 saturated heterocycles. The highest BCUT2D eigenvalue weighted by molar-refractivity contribution is 6.05. The molecule has 0 atom stereocenters. The van der Waals surface area contributed by atoms with Gasteiger partial charge in [0.25, 0.3) is 11.8 Å². The minimum absolute atomic E-state index is 0.198. The number of hydrogen-bond acceptors (Lipinski definition) is 3. The van der Waals surface area contributed by atoms with E-state index in [0.717, 1.165) is 11.1 Å². The predicted molar refractivity (Wildman–Crippen MR) is 107 cm³/mol. The SMILES string of the molecule is Cc1ccccc1NC(=O)c1cc2n(n1)CCCN(Cc1cccc(F)c1)C2=O. The fraction of sp³-hybridized carbons (Fsp3) is 0.227. The Morgan fingerprint density at radius 1 is 1.14 bits per heavy atom. The van der Waals surface area contributed by atoms with E-state index in [-0.39, 0.29) is 23.3 Å². The van der Waals surface area contributed by atoms with Crippen LogP contribution in [0, 0.1) is 12.7 Å². The first kappa shape index (κ1) is 18.9. The van der Waals surface area contributed by atoms with E-state index in [1.165, 1.54) is 18.2 Å². The molecule has 1 N–H and O–H groups in total. The Morgan fingerprint density at radius 2 is 1.97 bits per heavy atom. The van der Waals surface area contributed by atoms with E-state index in [4.69, 9.17) is 0 Å². The lowest BCUT2D eigenvalue weighted by Crippen LogP contribution is -2.30. The molecule has 0 radical (unpaired) electrons. The maximum absolute atomic E-state index is 13.5. The van der Waals surface area contributed by atoms with Gasteiger partial charge in [0.05, 0.1) is 0 Å². The van der Waals surface area contributed by atoms with E-state index in [2.05, 4.69) is 10.4 Å². The Bertz CT molecular complexity index is 1080. The summed E-state index contributed by atoms with van der Waals surface area (Å²) in [5.74, 6) is -0.900. The van der Waals surface area contributed by atoms with Crippen LogP contribution in [-0.4, -0.2) is 33.0 Å². The van der Waals surface area contributed by atoms with Crippen LogP contribution in [0.15, 0.2) is 54.6 Å². The molecule has 0 spiro atoms. The summed E-state index contributed by atoms with van der Waals surface area (Å²) >= 11 is 0. The highest BCUT2D eigenvalue weighted by atomic mass is 19.1. The molecule has 0 unspecified atom stereocenters. The molecule has 1 aromatic heterocycles. The number of aryl methyl sites for hydroxylation is 2. The van der Waals surface area contributed by atoms with Crippen LogP contribution in [-0.2, 0) is 13.1 Å². The zero-order valence-corrected chi connectivity index (χ0v) is 16.1. The van der Waals surface area contributed by atoms with Gasteiger partial charge >= 0.3 is 0 Å². The smallest absolute Gasteiger partial charge is 0.276 e. The zero-order valence-electron chi connectivity index (χ0n) is 16.1. The molecule has 148 valence electrons. The standard InChI is InChI=1S/C22H21FN4O2/c1-15-6-2-3-9-18(15)24-21(28)19-13-20-22(29)26(10-5-11-27(20)25-19)14-16-7-4-8-17(23)12-16/h2-4,6-9,12-13H,5,10-11,14H2,1H3,(H,24,28). The van der Waals surface area contributed by atoms with Gasteiger partial charge < -0.3 is 10.2 Å². The molecule has 2 heterocycles. The number of benzene rings is 2. The minimum Gasteiger partial charge on any atom is -0.333 e. The molecule has 7 heteroatoms. The van der Waals surface area contributed by atoms with Gasteiger partial charge in [-0.1, -0.05) is 30.3 Å². The van der Waals surface area contributed by atoms with Gasteiger partial charge in [-0.25, -0.2) is 4.39 Å². The van der Waals surface area contributed by atoms with Gasteiger partial charge in [-0.3, -0.25) is 14.3 Å². The molecular weight excluding hydrogens is 371 g/mol. The maximum atomic E-state index is 13.5. The first-order valence-corrected chi connectivity index (χ1v) is 9.50. The maximum Gasteiger partial charge on any atom is 0.276 e. The molecule has 0 aliphatic carbocycles. The molecule has 0 bridgehead atoms. The number of rotatable bonds is 4. The summed E-state index contributed by atoms with van der Waals surface area (Å²) in [5, 5.41) is 7.18. The van der Waals surface area contributed by atoms with Crippen molar-refractivity contribution in [3.05, 3.63) is 82.9 Å². The summed E-state index contributed by atoms with van der Waals surface area (Å²) in [7, 11) is 0. The van der Waals surface area contributed by atoms with Crippen LogP contribution in [0.1, 0.15) is 38.5 Å². The second-order valence-electron chi connectivity index (χ2n) is 7.12. The molecule has 0 fully saturated rings. The molecular formula is C22H21FN4O2. The number of carbonyl (C=O) groups excluding carboxylic acids is 2. The Balaban J connectivity index is 1.54. The van der Waals surface area contributed by atoms with E-state index < -0.39 is 0 Å². The van der Waals surface area contributed by atoms with Crippen molar-refractivity contribution in [2.75, 3.05) is 11.9 Å². The minimum atomic E-state index is -0.357. The molecule has 1 aliphatic rings. The van der Waals surface area contributed by atoms with E-state index in [9.17, 15) is 14.0 Å². The van der Waals surface area contributed by atoms with E-state index in [0.29, 0.717) is 37.4 Å². The number of amides is 2. The third kappa shape index (κ3) is 4.03. The highest BCUT2D eigenvalue weighted by Gasteiger charge is 2.26. The predicted octanol–water partition coefficient (Wildman–Crippen LogP) is 3.63. The van der Waals surface area contributed by atoms with Crippen LogP contribution in [0.25, 0.3) is 0 Å². The van der Waals surface area contributed by atoms with Crippen LogP contribution in [0.3, 0.4) is 0 Å². The van der Waals surface area contributed by atoms with Crippen molar-refractivity contribution in [1.29, 1.82) is 0 Å². The largest absolute Gasteiger partial charge is 0.333 e. The van der Waals surface area contributed by atoms with Crippen molar-refractivity contribution in [3.63, 3.8) is 0 Å². The van der Waals surface area contributed by atoms with Crippen LogP contribution < -0.4 is 5.32 Å². The summed E-state index contributed by atoms with van der Waals surface area (Å²) in [4.78, 5) is 27.3. The lowest BCUT2D eigenvalue weighted by atomic mass is 10.2. The molecule has 4 rings (SSSR count). The molecule has 1 aliphatic heterocycles. The number of halogens is 1. The molecule has 0 saturated carbocycles. The number of para-hydroxylation sites is 1. The number of carbonyl (C=O) groups is 2. The molecule has 2 amide bonds. The quantitative estimate of drug-likeness (QED) is 0.737. The van der Waals surface area contributed by atoms with Crippen LogP contribution in [0.2, 0.25) is 0 Å².